The first-order valence-corrected chi connectivity index (χ1v) is 5.11. The summed E-state index contributed by atoms with van der Waals surface area (Å²) in [6, 6.07) is 0. The van der Waals surface area contributed by atoms with Gasteiger partial charge in [0.15, 0.2) is 0 Å². The number of nitrogens with zero attached hydrogens (tertiary/aromatic N) is 1. The minimum absolute atomic E-state index is 0.0464. The van der Waals surface area contributed by atoms with E-state index in [4.69, 9.17) is 0 Å². The van der Waals surface area contributed by atoms with E-state index in [1.54, 1.807) is 0 Å². The molecule has 5 heteroatoms. The van der Waals surface area contributed by atoms with Crippen LogP contribution in [-0.4, -0.2) is 36.2 Å². The second-order valence-electron chi connectivity index (χ2n) is 3.52. The summed E-state index contributed by atoms with van der Waals surface area (Å²) in [7, 11) is 1.90. The predicted molar refractivity (Wildman–Crippen MR) is 58.9 cm³/mol. The summed E-state index contributed by atoms with van der Waals surface area (Å²) in [5, 5.41) is 12.7. The monoisotopic (exact) mass is 210 g/mol. The molecule has 0 aliphatic carbocycles. The van der Waals surface area contributed by atoms with Gasteiger partial charge in [0.2, 0.25) is 0 Å². The lowest BCUT2D eigenvalue weighted by molar-refractivity contribution is 0.0952. The van der Waals surface area contributed by atoms with Crippen LogP contribution in [0, 0.1) is 13.8 Å². The van der Waals surface area contributed by atoms with Crippen molar-refractivity contribution in [1.82, 2.24) is 20.8 Å². The largest absolute Gasteiger partial charge is 0.352 e. The lowest BCUT2D eigenvalue weighted by Gasteiger charge is -2.04. The molecule has 0 atom stereocenters. The van der Waals surface area contributed by atoms with Gasteiger partial charge < -0.3 is 10.6 Å². The Labute approximate surface area is 89.6 Å². The maximum atomic E-state index is 11.7. The normalized spacial score (nSPS) is 10.3. The van der Waals surface area contributed by atoms with E-state index in [0.717, 1.165) is 24.4 Å². The smallest absolute Gasteiger partial charge is 0.255 e. The van der Waals surface area contributed by atoms with Gasteiger partial charge in [-0.15, -0.1) is 0 Å². The van der Waals surface area contributed by atoms with Gasteiger partial charge in [0.1, 0.15) is 0 Å². The fourth-order valence-electron chi connectivity index (χ4n) is 1.44. The molecule has 1 aromatic heterocycles. The van der Waals surface area contributed by atoms with E-state index in [0.29, 0.717) is 12.1 Å². The predicted octanol–water partition coefficient (Wildman–Crippen LogP) is 0.366. The number of hydrogen-bond acceptors (Lipinski definition) is 3. The van der Waals surface area contributed by atoms with Gasteiger partial charge in [0.25, 0.3) is 5.91 Å². The molecule has 0 radical (unpaired) electrons. The second kappa shape index (κ2) is 5.50. The average Bonchev–Trinajstić information content (AvgIpc) is 2.53. The highest BCUT2D eigenvalue weighted by molar-refractivity contribution is 5.96. The van der Waals surface area contributed by atoms with E-state index in [9.17, 15) is 4.79 Å². The third-order valence-corrected chi connectivity index (χ3v) is 2.24. The minimum atomic E-state index is -0.0464. The Balaban J connectivity index is 2.47. The molecule has 0 aliphatic rings. The van der Waals surface area contributed by atoms with Crippen LogP contribution in [-0.2, 0) is 0 Å². The first-order chi connectivity index (χ1) is 7.16. The Hall–Kier alpha value is -1.36. The lowest BCUT2D eigenvalue weighted by atomic mass is 10.2. The van der Waals surface area contributed by atoms with Crippen molar-refractivity contribution >= 4 is 5.91 Å². The van der Waals surface area contributed by atoms with Crippen LogP contribution in [0.15, 0.2) is 0 Å². The van der Waals surface area contributed by atoms with E-state index in [1.807, 2.05) is 20.9 Å². The molecule has 0 saturated carbocycles. The van der Waals surface area contributed by atoms with E-state index in [2.05, 4.69) is 20.8 Å². The van der Waals surface area contributed by atoms with Crippen LogP contribution in [0.25, 0.3) is 0 Å². The molecule has 1 rings (SSSR count). The molecule has 0 saturated heterocycles. The van der Waals surface area contributed by atoms with Crippen molar-refractivity contribution in [2.75, 3.05) is 20.1 Å². The van der Waals surface area contributed by atoms with Gasteiger partial charge in [-0.1, -0.05) is 0 Å². The SMILES string of the molecule is CNCCCNC(=O)c1c(C)n[nH]c1C. The fraction of sp³-hybridized carbons (Fsp3) is 0.600. The summed E-state index contributed by atoms with van der Waals surface area (Å²) in [5.74, 6) is -0.0464. The Kier molecular flexibility index (Phi) is 4.30. The maximum absolute atomic E-state index is 11.7. The summed E-state index contributed by atoms with van der Waals surface area (Å²) < 4.78 is 0. The van der Waals surface area contributed by atoms with Crippen LogP contribution in [0.1, 0.15) is 28.2 Å². The molecular formula is C10H18N4O. The van der Waals surface area contributed by atoms with Crippen molar-refractivity contribution < 1.29 is 4.79 Å². The molecule has 0 bridgehead atoms. The summed E-state index contributed by atoms with van der Waals surface area (Å²) in [6.07, 6.45) is 0.929. The van der Waals surface area contributed by atoms with Crippen molar-refractivity contribution in [1.29, 1.82) is 0 Å². The molecule has 0 spiro atoms. The Morgan fingerprint density at radius 2 is 2.13 bits per heavy atom. The van der Waals surface area contributed by atoms with Gasteiger partial charge >= 0.3 is 0 Å². The fourth-order valence-corrected chi connectivity index (χ4v) is 1.44. The highest BCUT2D eigenvalue weighted by atomic mass is 16.1. The topological polar surface area (TPSA) is 69.8 Å². The molecule has 5 nitrogen and oxygen atoms in total. The number of nitrogens with one attached hydrogen (secondary N) is 3. The number of rotatable bonds is 5. The van der Waals surface area contributed by atoms with E-state index >= 15 is 0 Å². The summed E-state index contributed by atoms with van der Waals surface area (Å²) in [6.45, 7) is 5.27. The van der Waals surface area contributed by atoms with Gasteiger partial charge in [0.05, 0.1) is 11.3 Å². The quantitative estimate of drug-likeness (QED) is 0.615. The van der Waals surface area contributed by atoms with Crippen molar-refractivity contribution in [2.24, 2.45) is 0 Å². The number of aryl methyl sites for hydroxylation is 2. The first kappa shape index (κ1) is 11.7. The summed E-state index contributed by atoms with van der Waals surface area (Å²) in [4.78, 5) is 11.7. The zero-order valence-electron chi connectivity index (χ0n) is 9.48. The third kappa shape index (κ3) is 3.06. The second-order valence-corrected chi connectivity index (χ2v) is 3.52. The number of aromatic amines is 1. The van der Waals surface area contributed by atoms with E-state index < -0.39 is 0 Å². The van der Waals surface area contributed by atoms with Gasteiger partial charge in [-0.25, -0.2) is 0 Å². The molecule has 1 amide bonds. The van der Waals surface area contributed by atoms with Crippen LogP contribution >= 0.6 is 0 Å². The van der Waals surface area contributed by atoms with Crippen molar-refractivity contribution in [3.63, 3.8) is 0 Å². The molecule has 0 aliphatic heterocycles. The van der Waals surface area contributed by atoms with E-state index in [-0.39, 0.29) is 5.91 Å². The van der Waals surface area contributed by atoms with Gasteiger partial charge in [0, 0.05) is 12.2 Å². The zero-order valence-corrected chi connectivity index (χ0v) is 9.48. The Morgan fingerprint density at radius 3 is 2.67 bits per heavy atom. The number of carbonyl (C=O) groups excluding carboxylic acids is 1. The average molecular weight is 210 g/mol. The third-order valence-electron chi connectivity index (χ3n) is 2.24. The zero-order chi connectivity index (χ0) is 11.3. The van der Waals surface area contributed by atoms with Gasteiger partial charge in [-0.2, -0.15) is 5.10 Å². The van der Waals surface area contributed by atoms with Crippen molar-refractivity contribution in [3.05, 3.63) is 17.0 Å². The molecule has 3 N–H and O–H groups in total. The number of H-pyrrole nitrogens is 1. The molecule has 0 unspecified atom stereocenters. The number of amides is 1. The Morgan fingerprint density at radius 1 is 1.40 bits per heavy atom. The van der Waals surface area contributed by atoms with E-state index in [1.165, 1.54) is 0 Å². The van der Waals surface area contributed by atoms with Gasteiger partial charge in [-0.3, -0.25) is 9.89 Å². The number of carbonyl (C=O) groups is 1. The minimum Gasteiger partial charge on any atom is -0.352 e. The molecule has 1 heterocycles. The maximum Gasteiger partial charge on any atom is 0.255 e. The summed E-state index contributed by atoms with van der Waals surface area (Å²) in [5.41, 5.74) is 2.23. The number of hydrogen-bond donors (Lipinski definition) is 3. The molecule has 84 valence electrons. The van der Waals surface area contributed by atoms with Crippen LogP contribution < -0.4 is 10.6 Å². The molecule has 0 fully saturated rings. The molecular weight excluding hydrogens is 192 g/mol. The van der Waals surface area contributed by atoms with Crippen molar-refractivity contribution in [3.8, 4) is 0 Å². The van der Waals surface area contributed by atoms with Crippen LogP contribution in [0.5, 0.6) is 0 Å². The highest BCUT2D eigenvalue weighted by Crippen LogP contribution is 2.08. The first-order valence-electron chi connectivity index (χ1n) is 5.11. The summed E-state index contributed by atoms with van der Waals surface area (Å²) >= 11 is 0. The Bertz CT molecular complexity index is 313. The van der Waals surface area contributed by atoms with Crippen molar-refractivity contribution in [2.45, 2.75) is 20.3 Å². The van der Waals surface area contributed by atoms with Gasteiger partial charge in [-0.05, 0) is 33.9 Å². The molecule has 0 aromatic carbocycles. The number of aromatic nitrogens is 2. The molecule has 15 heavy (non-hydrogen) atoms. The van der Waals surface area contributed by atoms with Crippen LogP contribution in [0.3, 0.4) is 0 Å². The highest BCUT2D eigenvalue weighted by Gasteiger charge is 2.13. The molecule has 1 aromatic rings. The van der Waals surface area contributed by atoms with Crippen LogP contribution in [0.2, 0.25) is 0 Å². The standard InChI is InChI=1S/C10H18N4O/c1-7-9(8(2)14-13-7)10(15)12-6-4-5-11-3/h11H,4-6H2,1-3H3,(H,12,15)(H,13,14). The van der Waals surface area contributed by atoms with Crippen LogP contribution in [0.4, 0.5) is 0 Å². The lowest BCUT2D eigenvalue weighted by Crippen LogP contribution is -2.27.